The summed E-state index contributed by atoms with van der Waals surface area (Å²) in [7, 11) is 0. The number of halogens is 2. The van der Waals surface area contributed by atoms with E-state index in [0.29, 0.717) is 12.5 Å². The monoisotopic (exact) mass is 367 g/mol. The molecule has 0 bridgehead atoms. The van der Waals surface area contributed by atoms with Crippen molar-refractivity contribution in [3.8, 4) is 0 Å². The number of rotatable bonds is 2. The second-order valence-corrected chi connectivity index (χ2v) is 2.14. The maximum absolute atomic E-state index is 5.49. The van der Waals surface area contributed by atoms with Gasteiger partial charge in [0.1, 0.15) is 0 Å². The topological polar surface area (TPSA) is 52.0 Å². The van der Waals surface area contributed by atoms with Gasteiger partial charge in [-0.2, -0.15) is 0 Å². The first kappa shape index (κ1) is 22.5. The van der Waals surface area contributed by atoms with Crippen molar-refractivity contribution < 1.29 is 45.9 Å². The molecule has 0 amide bonds. The minimum absolute atomic E-state index is 0. The van der Waals surface area contributed by atoms with Crippen molar-refractivity contribution >= 4 is 0 Å². The van der Waals surface area contributed by atoms with E-state index < -0.39 is 0 Å². The van der Waals surface area contributed by atoms with Crippen LogP contribution in [0.5, 0.6) is 0 Å². The third-order valence-electron chi connectivity index (χ3n) is 1.13. The van der Waals surface area contributed by atoms with E-state index in [1.54, 1.807) is 0 Å². The fraction of sp³-hybridized carbons (Fsp3) is 1.00. The maximum Gasteiger partial charge on any atom is 2.00 e. The average molecular weight is 368 g/mol. The molecule has 0 aromatic carbocycles. The van der Waals surface area contributed by atoms with E-state index in [1.165, 1.54) is 0 Å². The molecule has 0 radical (unpaired) electrons. The fourth-order valence-corrected chi connectivity index (χ4v) is 0.272. The third kappa shape index (κ3) is 11.9. The summed E-state index contributed by atoms with van der Waals surface area (Å²) in [4.78, 5) is 0. The molecular formula is C5H14Cl2N2Pt. The van der Waals surface area contributed by atoms with E-state index in [-0.39, 0.29) is 51.9 Å². The zero-order chi connectivity index (χ0) is 5.86. The summed E-state index contributed by atoms with van der Waals surface area (Å²) in [6, 6.07) is 0.181. The van der Waals surface area contributed by atoms with Crippen molar-refractivity contribution in [2.45, 2.75) is 19.9 Å². The van der Waals surface area contributed by atoms with Gasteiger partial charge in [0, 0.05) is 12.6 Å². The summed E-state index contributed by atoms with van der Waals surface area (Å²) in [5.41, 5.74) is 10.7. The average Bonchev–Trinajstić information content (AvgIpc) is 1.65. The SMILES string of the molecule is CC(C)C(N)CN.[Cl-].[Cl-].[Pt+2]. The Morgan fingerprint density at radius 2 is 1.50 bits per heavy atom. The van der Waals surface area contributed by atoms with Crippen LogP contribution in [0.3, 0.4) is 0 Å². The first-order chi connectivity index (χ1) is 3.18. The molecule has 0 fully saturated rings. The van der Waals surface area contributed by atoms with Crippen LogP contribution in [-0.2, 0) is 21.1 Å². The normalized spacial score (nSPS) is 10.5. The zero-order valence-corrected chi connectivity index (χ0v) is 9.87. The molecule has 0 aliphatic carbocycles. The Morgan fingerprint density at radius 3 is 1.50 bits per heavy atom. The minimum atomic E-state index is 0. The predicted octanol–water partition coefficient (Wildman–Crippen LogP) is -6.07. The molecule has 1 unspecified atom stereocenters. The number of hydrogen-bond donors (Lipinski definition) is 2. The molecule has 5 heteroatoms. The fourth-order valence-electron chi connectivity index (χ4n) is 0.272. The van der Waals surface area contributed by atoms with Crippen molar-refractivity contribution in [3.05, 3.63) is 0 Å². The molecule has 68 valence electrons. The number of hydrogen-bond acceptors (Lipinski definition) is 2. The molecule has 0 saturated heterocycles. The standard InChI is InChI=1S/C5H14N2.2ClH.Pt/c1-4(2)5(7)3-6;;;/h4-5H,3,6-7H2,1-2H3;2*1H;/q;;;+2/p-2. The van der Waals surface area contributed by atoms with Gasteiger partial charge in [-0.3, -0.25) is 0 Å². The van der Waals surface area contributed by atoms with E-state index in [4.69, 9.17) is 11.5 Å². The van der Waals surface area contributed by atoms with E-state index >= 15 is 0 Å². The van der Waals surface area contributed by atoms with Gasteiger partial charge < -0.3 is 36.3 Å². The first-order valence-electron chi connectivity index (χ1n) is 2.64. The molecule has 0 aromatic rings. The molecule has 4 N–H and O–H groups in total. The number of nitrogens with two attached hydrogens (primary N) is 2. The van der Waals surface area contributed by atoms with Crippen LogP contribution in [0, 0.1) is 5.92 Å². The van der Waals surface area contributed by atoms with Gasteiger partial charge in [-0.05, 0) is 5.92 Å². The van der Waals surface area contributed by atoms with E-state index in [1.807, 2.05) is 0 Å². The van der Waals surface area contributed by atoms with Gasteiger partial charge in [-0.1, -0.05) is 13.8 Å². The molecule has 0 saturated carbocycles. The summed E-state index contributed by atoms with van der Waals surface area (Å²) in [6.07, 6.45) is 0. The van der Waals surface area contributed by atoms with Crippen LogP contribution in [0.2, 0.25) is 0 Å². The van der Waals surface area contributed by atoms with Crippen LogP contribution in [0.1, 0.15) is 13.8 Å². The Kier molecular flexibility index (Phi) is 28.8. The quantitative estimate of drug-likeness (QED) is 0.510. The predicted molar refractivity (Wildman–Crippen MR) is 31.9 cm³/mol. The molecule has 0 aliphatic heterocycles. The summed E-state index contributed by atoms with van der Waals surface area (Å²) < 4.78 is 0. The molecule has 0 aromatic heterocycles. The third-order valence-corrected chi connectivity index (χ3v) is 1.13. The van der Waals surface area contributed by atoms with E-state index in [2.05, 4.69) is 13.8 Å². The largest absolute Gasteiger partial charge is 2.00 e. The van der Waals surface area contributed by atoms with Crippen LogP contribution >= 0.6 is 0 Å². The summed E-state index contributed by atoms with van der Waals surface area (Å²) >= 11 is 0. The minimum Gasteiger partial charge on any atom is -1.00 e. The molecule has 0 aliphatic rings. The van der Waals surface area contributed by atoms with Crippen molar-refractivity contribution in [1.82, 2.24) is 0 Å². The van der Waals surface area contributed by atoms with Crippen LogP contribution in [0.15, 0.2) is 0 Å². The van der Waals surface area contributed by atoms with Gasteiger partial charge in [-0.15, -0.1) is 0 Å². The summed E-state index contributed by atoms with van der Waals surface area (Å²) in [5, 5.41) is 0. The van der Waals surface area contributed by atoms with Gasteiger partial charge >= 0.3 is 21.1 Å². The maximum atomic E-state index is 5.49. The smallest absolute Gasteiger partial charge is 1.00 e. The molecular weight excluding hydrogens is 354 g/mol. The molecule has 0 heterocycles. The van der Waals surface area contributed by atoms with Gasteiger partial charge in [0.2, 0.25) is 0 Å². The van der Waals surface area contributed by atoms with Gasteiger partial charge in [-0.25, -0.2) is 0 Å². The second-order valence-electron chi connectivity index (χ2n) is 2.14. The molecule has 10 heavy (non-hydrogen) atoms. The Bertz CT molecular complexity index is 54.9. The zero-order valence-electron chi connectivity index (χ0n) is 6.09. The van der Waals surface area contributed by atoms with Crippen molar-refractivity contribution in [1.29, 1.82) is 0 Å². The Balaban J connectivity index is -0.0000000600. The summed E-state index contributed by atoms with van der Waals surface area (Å²) in [5.74, 6) is 0.519. The van der Waals surface area contributed by atoms with Crippen LogP contribution in [-0.4, -0.2) is 12.6 Å². The van der Waals surface area contributed by atoms with Crippen LogP contribution < -0.4 is 36.3 Å². The van der Waals surface area contributed by atoms with Crippen LogP contribution in [0.4, 0.5) is 0 Å². The van der Waals surface area contributed by atoms with Gasteiger partial charge in [0.15, 0.2) is 0 Å². The Labute approximate surface area is 89.6 Å². The Hall–Kier alpha value is 1.19. The van der Waals surface area contributed by atoms with E-state index in [9.17, 15) is 0 Å². The Morgan fingerprint density at radius 1 is 1.20 bits per heavy atom. The van der Waals surface area contributed by atoms with E-state index in [0.717, 1.165) is 0 Å². The van der Waals surface area contributed by atoms with Crippen molar-refractivity contribution in [2.75, 3.05) is 6.54 Å². The first-order valence-corrected chi connectivity index (χ1v) is 2.64. The van der Waals surface area contributed by atoms with Crippen molar-refractivity contribution in [3.63, 3.8) is 0 Å². The molecule has 1 atom stereocenters. The van der Waals surface area contributed by atoms with Crippen molar-refractivity contribution in [2.24, 2.45) is 17.4 Å². The van der Waals surface area contributed by atoms with Gasteiger partial charge in [0.25, 0.3) is 0 Å². The second kappa shape index (κ2) is 12.8. The molecule has 0 rings (SSSR count). The van der Waals surface area contributed by atoms with Gasteiger partial charge in [0.05, 0.1) is 0 Å². The molecule has 2 nitrogen and oxygen atoms in total. The summed E-state index contributed by atoms with van der Waals surface area (Å²) in [6.45, 7) is 4.73. The van der Waals surface area contributed by atoms with Crippen LogP contribution in [0.25, 0.3) is 0 Å². The molecule has 0 spiro atoms.